The maximum atomic E-state index is 3.15. The van der Waals surface area contributed by atoms with Gasteiger partial charge < -0.3 is 5.32 Å². The van der Waals surface area contributed by atoms with Crippen LogP contribution in [0.15, 0.2) is 12.2 Å². The Balaban J connectivity index is 3.41. The van der Waals surface area contributed by atoms with Crippen LogP contribution in [0.1, 0.15) is 20.3 Å². The summed E-state index contributed by atoms with van der Waals surface area (Å²) in [6, 6.07) is 0. The largest absolute Gasteiger partial charge is 0.319 e. The van der Waals surface area contributed by atoms with Crippen LogP contribution in [0.5, 0.6) is 0 Å². The van der Waals surface area contributed by atoms with Crippen LogP contribution in [0.3, 0.4) is 0 Å². The standard InChI is InChI=1S/C8H17N/c1-4-6-8(5-2)7-9-3/h4,6,8-9H,5,7H2,1-3H3. The normalized spacial score (nSPS) is 14.6. The van der Waals surface area contributed by atoms with Crippen molar-refractivity contribution in [3.8, 4) is 0 Å². The molecule has 0 aromatic carbocycles. The van der Waals surface area contributed by atoms with E-state index in [1.54, 1.807) is 0 Å². The highest BCUT2D eigenvalue weighted by molar-refractivity contribution is 4.85. The van der Waals surface area contributed by atoms with Gasteiger partial charge >= 0.3 is 0 Å². The van der Waals surface area contributed by atoms with Gasteiger partial charge in [-0.3, -0.25) is 0 Å². The van der Waals surface area contributed by atoms with Gasteiger partial charge in [-0.25, -0.2) is 0 Å². The van der Waals surface area contributed by atoms with Crippen LogP contribution < -0.4 is 5.32 Å². The van der Waals surface area contributed by atoms with Gasteiger partial charge in [-0.05, 0) is 26.3 Å². The van der Waals surface area contributed by atoms with E-state index < -0.39 is 0 Å². The summed E-state index contributed by atoms with van der Waals surface area (Å²) in [4.78, 5) is 0. The minimum atomic E-state index is 0.722. The third-order valence-corrected chi connectivity index (χ3v) is 1.46. The van der Waals surface area contributed by atoms with Crippen LogP contribution >= 0.6 is 0 Å². The first-order valence-corrected chi connectivity index (χ1v) is 3.62. The first-order valence-electron chi connectivity index (χ1n) is 3.62. The van der Waals surface area contributed by atoms with Crippen LogP contribution in [-0.4, -0.2) is 13.6 Å². The fourth-order valence-corrected chi connectivity index (χ4v) is 0.883. The second kappa shape index (κ2) is 5.83. The summed E-state index contributed by atoms with van der Waals surface area (Å²) in [5.74, 6) is 0.722. The molecule has 0 aliphatic carbocycles. The fraction of sp³-hybridized carbons (Fsp3) is 0.750. The average molecular weight is 127 g/mol. The topological polar surface area (TPSA) is 12.0 Å². The van der Waals surface area contributed by atoms with E-state index in [1.807, 2.05) is 7.05 Å². The molecule has 0 aliphatic heterocycles. The number of nitrogens with one attached hydrogen (secondary N) is 1. The SMILES string of the molecule is CC=CC(CC)CNC. The molecule has 54 valence electrons. The summed E-state index contributed by atoms with van der Waals surface area (Å²) in [5, 5.41) is 3.15. The molecule has 0 spiro atoms. The summed E-state index contributed by atoms with van der Waals surface area (Å²) in [6.07, 6.45) is 5.59. The third kappa shape index (κ3) is 4.22. The molecule has 1 N–H and O–H groups in total. The first kappa shape index (κ1) is 8.70. The van der Waals surface area contributed by atoms with E-state index in [1.165, 1.54) is 6.42 Å². The van der Waals surface area contributed by atoms with Crippen molar-refractivity contribution in [1.82, 2.24) is 5.32 Å². The summed E-state index contributed by atoms with van der Waals surface area (Å²) >= 11 is 0. The molecule has 0 saturated carbocycles. The molecule has 0 aliphatic rings. The predicted octanol–water partition coefficient (Wildman–Crippen LogP) is 1.81. The molecule has 0 amide bonds. The van der Waals surface area contributed by atoms with Crippen LogP contribution in [-0.2, 0) is 0 Å². The Labute approximate surface area is 58.2 Å². The lowest BCUT2D eigenvalue weighted by Gasteiger charge is -2.06. The highest BCUT2D eigenvalue weighted by atomic mass is 14.8. The van der Waals surface area contributed by atoms with Gasteiger partial charge in [-0.1, -0.05) is 19.1 Å². The van der Waals surface area contributed by atoms with Gasteiger partial charge in [-0.2, -0.15) is 0 Å². The third-order valence-electron chi connectivity index (χ3n) is 1.46. The Kier molecular flexibility index (Phi) is 5.64. The highest BCUT2D eigenvalue weighted by Gasteiger charge is 1.96. The molecule has 0 saturated heterocycles. The molecule has 1 unspecified atom stereocenters. The zero-order valence-corrected chi connectivity index (χ0v) is 6.65. The molecule has 0 aromatic heterocycles. The molecule has 0 aromatic rings. The highest BCUT2D eigenvalue weighted by Crippen LogP contribution is 2.01. The molecule has 1 heteroatoms. The second-order valence-corrected chi connectivity index (χ2v) is 2.25. The smallest absolute Gasteiger partial charge is 0.00111 e. The van der Waals surface area contributed by atoms with E-state index in [0.29, 0.717) is 0 Å². The van der Waals surface area contributed by atoms with Crippen LogP contribution in [0.2, 0.25) is 0 Å². The van der Waals surface area contributed by atoms with Crippen LogP contribution in [0, 0.1) is 5.92 Å². The van der Waals surface area contributed by atoms with Gasteiger partial charge in [0.2, 0.25) is 0 Å². The van der Waals surface area contributed by atoms with Crippen molar-refractivity contribution in [2.45, 2.75) is 20.3 Å². The van der Waals surface area contributed by atoms with Crippen LogP contribution in [0.4, 0.5) is 0 Å². The molecule has 1 atom stereocenters. The van der Waals surface area contributed by atoms with Gasteiger partial charge in [0.25, 0.3) is 0 Å². The number of hydrogen-bond acceptors (Lipinski definition) is 1. The minimum absolute atomic E-state index is 0.722. The van der Waals surface area contributed by atoms with Gasteiger partial charge in [0.15, 0.2) is 0 Å². The van der Waals surface area contributed by atoms with E-state index in [9.17, 15) is 0 Å². The summed E-state index contributed by atoms with van der Waals surface area (Å²) in [5.41, 5.74) is 0. The Morgan fingerprint density at radius 3 is 2.56 bits per heavy atom. The number of allylic oxidation sites excluding steroid dienone is 1. The minimum Gasteiger partial charge on any atom is -0.319 e. The lowest BCUT2D eigenvalue weighted by molar-refractivity contribution is 0.580. The molecular formula is C8H17N. The van der Waals surface area contributed by atoms with Crippen molar-refractivity contribution in [2.24, 2.45) is 5.92 Å². The Morgan fingerprint density at radius 1 is 1.56 bits per heavy atom. The van der Waals surface area contributed by atoms with E-state index in [0.717, 1.165) is 12.5 Å². The Hall–Kier alpha value is -0.300. The molecule has 0 radical (unpaired) electrons. The fourth-order valence-electron chi connectivity index (χ4n) is 0.883. The zero-order valence-electron chi connectivity index (χ0n) is 6.65. The number of hydrogen-bond donors (Lipinski definition) is 1. The summed E-state index contributed by atoms with van der Waals surface area (Å²) in [6.45, 7) is 5.38. The quantitative estimate of drug-likeness (QED) is 0.568. The van der Waals surface area contributed by atoms with E-state index in [2.05, 4.69) is 31.3 Å². The van der Waals surface area contributed by atoms with E-state index >= 15 is 0 Å². The van der Waals surface area contributed by atoms with Crippen molar-refractivity contribution >= 4 is 0 Å². The van der Waals surface area contributed by atoms with Crippen molar-refractivity contribution in [3.63, 3.8) is 0 Å². The Bertz CT molecular complexity index is 76.6. The molecule has 9 heavy (non-hydrogen) atoms. The van der Waals surface area contributed by atoms with E-state index in [4.69, 9.17) is 0 Å². The summed E-state index contributed by atoms with van der Waals surface area (Å²) in [7, 11) is 1.99. The van der Waals surface area contributed by atoms with Gasteiger partial charge in [0, 0.05) is 6.54 Å². The number of rotatable bonds is 4. The Morgan fingerprint density at radius 2 is 2.22 bits per heavy atom. The van der Waals surface area contributed by atoms with E-state index in [-0.39, 0.29) is 0 Å². The second-order valence-electron chi connectivity index (χ2n) is 2.25. The monoisotopic (exact) mass is 127 g/mol. The molecule has 1 nitrogen and oxygen atoms in total. The maximum absolute atomic E-state index is 3.15. The lowest BCUT2D eigenvalue weighted by atomic mass is 10.1. The molecule has 0 fully saturated rings. The maximum Gasteiger partial charge on any atom is 0.00111 e. The zero-order chi connectivity index (χ0) is 7.11. The van der Waals surface area contributed by atoms with Crippen LogP contribution in [0.25, 0.3) is 0 Å². The predicted molar refractivity (Wildman–Crippen MR) is 42.5 cm³/mol. The lowest BCUT2D eigenvalue weighted by Crippen LogP contribution is -2.16. The van der Waals surface area contributed by atoms with Crippen molar-refractivity contribution in [2.75, 3.05) is 13.6 Å². The summed E-state index contributed by atoms with van der Waals surface area (Å²) < 4.78 is 0. The van der Waals surface area contributed by atoms with Gasteiger partial charge in [0.05, 0.1) is 0 Å². The molecule has 0 heterocycles. The molecule has 0 rings (SSSR count). The molecular weight excluding hydrogens is 110 g/mol. The van der Waals surface area contributed by atoms with Crippen molar-refractivity contribution < 1.29 is 0 Å². The van der Waals surface area contributed by atoms with Gasteiger partial charge in [-0.15, -0.1) is 0 Å². The average Bonchev–Trinajstić information content (AvgIpc) is 1.88. The first-order chi connectivity index (χ1) is 4.35. The van der Waals surface area contributed by atoms with Gasteiger partial charge in [0.1, 0.15) is 0 Å². The van der Waals surface area contributed by atoms with Crippen molar-refractivity contribution in [3.05, 3.63) is 12.2 Å². The molecule has 0 bridgehead atoms. The van der Waals surface area contributed by atoms with Crippen molar-refractivity contribution in [1.29, 1.82) is 0 Å².